The summed E-state index contributed by atoms with van der Waals surface area (Å²) in [5.41, 5.74) is 2.46. The van der Waals surface area contributed by atoms with Gasteiger partial charge in [-0.25, -0.2) is 0 Å². The van der Waals surface area contributed by atoms with Crippen molar-refractivity contribution < 1.29 is 19.4 Å². The quantitative estimate of drug-likeness (QED) is 0.911. The van der Waals surface area contributed by atoms with Crippen molar-refractivity contribution in [2.24, 2.45) is 0 Å². The predicted molar refractivity (Wildman–Crippen MR) is 80.8 cm³/mol. The van der Waals surface area contributed by atoms with Gasteiger partial charge in [-0.3, -0.25) is 4.79 Å². The van der Waals surface area contributed by atoms with Crippen LogP contribution in [0.25, 0.3) is 0 Å². The first-order chi connectivity index (χ1) is 10.5. The van der Waals surface area contributed by atoms with Crippen molar-refractivity contribution in [3.05, 3.63) is 59.2 Å². The van der Waals surface area contributed by atoms with E-state index in [0.717, 1.165) is 11.1 Å². The Balaban J connectivity index is 1.97. The normalized spacial score (nSPS) is 10.1. The average molecular weight is 298 g/mol. The zero-order valence-electron chi connectivity index (χ0n) is 12.4. The maximum absolute atomic E-state index is 11.9. The molecule has 1 amide bonds. The van der Waals surface area contributed by atoms with Gasteiger partial charge in [0.1, 0.15) is 5.75 Å². The number of carboxylic acid groups (broad SMARTS) is 1. The molecule has 2 rings (SSSR count). The molecule has 0 aliphatic heterocycles. The minimum atomic E-state index is -1.29. The summed E-state index contributed by atoms with van der Waals surface area (Å²) >= 11 is 0. The molecule has 114 valence electrons. The summed E-state index contributed by atoms with van der Waals surface area (Å²) in [5, 5.41) is 13.4. The van der Waals surface area contributed by atoms with Gasteiger partial charge in [0.15, 0.2) is 6.61 Å². The van der Waals surface area contributed by atoms with Gasteiger partial charge in [-0.15, -0.1) is 0 Å². The lowest BCUT2D eigenvalue weighted by Crippen LogP contribution is -2.23. The number of aryl methyl sites for hydroxylation is 1. The van der Waals surface area contributed by atoms with Crippen LogP contribution in [-0.2, 0) is 4.79 Å². The third-order valence-corrected chi connectivity index (χ3v) is 3.30. The topological polar surface area (TPSA) is 78.5 Å². The molecule has 0 fully saturated rings. The zero-order valence-corrected chi connectivity index (χ0v) is 12.4. The first-order valence-electron chi connectivity index (χ1n) is 6.77. The fourth-order valence-corrected chi connectivity index (χ4v) is 1.94. The van der Waals surface area contributed by atoms with Crippen LogP contribution in [0.2, 0.25) is 0 Å². The largest absolute Gasteiger partial charge is 0.545 e. The molecule has 0 aliphatic rings. The van der Waals surface area contributed by atoms with Gasteiger partial charge in [0.25, 0.3) is 5.91 Å². The van der Waals surface area contributed by atoms with Crippen molar-refractivity contribution in [1.29, 1.82) is 0 Å². The molecule has 2 aromatic rings. The summed E-state index contributed by atoms with van der Waals surface area (Å²) < 4.78 is 5.49. The Labute approximate surface area is 128 Å². The molecule has 0 aliphatic carbocycles. The van der Waals surface area contributed by atoms with Crippen molar-refractivity contribution in [1.82, 2.24) is 0 Å². The smallest absolute Gasteiger partial charge is 0.262 e. The molecule has 0 spiro atoms. The Hall–Kier alpha value is -2.82. The van der Waals surface area contributed by atoms with E-state index in [2.05, 4.69) is 5.32 Å². The molecule has 0 unspecified atom stereocenters. The van der Waals surface area contributed by atoms with Gasteiger partial charge in [-0.2, -0.15) is 0 Å². The van der Waals surface area contributed by atoms with E-state index in [9.17, 15) is 14.7 Å². The van der Waals surface area contributed by atoms with Gasteiger partial charge in [0, 0.05) is 5.69 Å². The molecule has 0 saturated carbocycles. The number of rotatable bonds is 5. The molecule has 22 heavy (non-hydrogen) atoms. The standard InChI is InChI=1S/C17H17NO4/c1-11-5-3-8-15(12(11)2)22-10-16(19)18-14-7-4-6-13(9-14)17(20)21/h3-9H,10H2,1-2H3,(H,18,19)(H,20,21)/p-1. The lowest BCUT2D eigenvalue weighted by atomic mass is 10.1. The highest BCUT2D eigenvalue weighted by molar-refractivity contribution is 5.94. The summed E-state index contributed by atoms with van der Waals surface area (Å²) in [6.07, 6.45) is 0. The number of benzene rings is 2. The van der Waals surface area contributed by atoms with Crippen molar-refractivity contribution in [2.45, 2.75) is 13.8 Å². The number of hydrogen-bond donors (Lipinski definition) is 1. The SMILES string of the molecule is Cc1cccc(OCC(=O)Nc2cccc(C(=O)[O-])c2)c1C. The summed E-state index contributed by atoms with van der Waals surface area (Å²) in [7, 11) is 0. The Morgan fingerprint density at radius 1 is 1.14 bits per heavy atom. The molecular formula is C17H16NO4-. The number of carbonyl (C=O) groups excluding carboxylic acids is 2. The Morgan fingerprint density at radius 3 is 2.59 bits per heavy atom. The number of hydrogen-bond acceptors (Lipinski definition) is 4. The zero-order chi connectivity index (χ0) is 16.1. The van der Waals surface area contributed by atoms with Crippen molar-refractivity contribution in [3.63, 3.8) is 0 Å². The van der Waals surface area contributed by atoms with Gasteiger partial charge >= 0.3 is 0 Å². The summed E-state index contributed by atoms with van der Waals surface area (Å²) in [6.45, 7) is 3.74. The molecule has 0 heterocycles. The average Bonchev–Trinajstić information content (AvgIpc) is 2.49. The molecule has 1 N–H and O–H groups in total. The van der Waals surface area contributed by atoms with Gasteiger partial charge in [0.2, 0.25) is 0 Å². The van der Waals surface area contributed by atoms with E-state index in [-0.39, 0.29) is 18.1 Å². The number of nitrogens with one attached hydrogen (secondary N) is 1. The summed E-state index contributed by atoms with van der Waals surface area (Å²) in [4.78, 5) is 22.6. The number of amides is 1. The van der Waals surface area contributed by atoms with E-state index in [1.54, 1.807) is 12.1 Å². The van der Waals surface area contributed by atoms with Crippen LogP contribution >= 0.6 is 0 Å². The van der Waals surface area contributed by atoms with E-state index in [0.29, 0.717) is 11.4 Å². The number of ether oxygens (including phenoxy) is 1. The van der Waals surface area contributed by atoms with Crippen molar-refractivity contribution in [2.75, 3.05) is 11.9 Å². The maximum Gasteiger partial charge on any atom is 0.262 e. The molecule has 0 atom stereocenters. The molecule has 0 radical (unpaired) electrons. The Bertz CT molecular complexity index is 710. The van der Waals surface area contributed by atoms with E-state index < -0.39 is 5.97 Å². The van der Waals surface area contributed by atoms with Gasteiger partial charge in [-0.05, 0) is 48.7 Å². The lowest BCUT2D eigenvalue weighted by Gasteiger charge is -2.11. The molecule has 2 aromatic carbocycles. The van der Waals surface area contributed by atoms with E-state index >= 15 is 0 Å². The minimum Gasteiger partial charge on any atom is -0.545 e. The van der Waals surface area contributed by atoms with Crippen LogP contribution in [0.5, 0.6) is 5.75 Å². The number of carbonyl (C=O) groups is 2. The van der Waals surface area contributed by atoms with Crippen LogP contribution in [0.15, 0.2) is 42.5 Å². The Morgan fingerprint density at radius 2 is 1.86 bits per heavy atom. The summed E-state index contributed by atoms with van der Waals surface area (Å²) in [5.74, 6) is -1.00. The third kappa shape index (κ3) is 3.85. The monoisotopic (exact) mass is 298 g/mol. The fraction of sp³-hybridized carbons (Fsp3) is 0.176. The van der Waals surface area contributed by atoms with Crippen molar-refractivity contribution >= 4 is 17.6 Å². The van der Waals surface area contributed by atoms with Crippen LogP contribution in [0.3, 0.4) is 0 Å². The van der Waals surface area contributed by atoms with Crippen LogP contribution in [-0.4, -0.2) is 18.5 Å². The lowest BCUT2D eigenvalue weighted by molar-refractivity contribution is -0.255. The van der Waals surface area contributed by atoms with Crippen LogP contribution < -0.4 is 15.2 Å². The number of carboxylic acids is 1. The highest BCUT2D eigenvalue weighted by Gasteiger charge is 2.07. The molecule has 5 heteroatoms. The minimum absolute atomic E-state index is 0.00764. The second kappa shape index (κ2) is 6.76. The second-order valence-electron chi connectivity index (χ2n) is 4.90. The first kappa shape index (κ1) is 15.6. The van der Waals surface area contributed by atoms with Gasteiger partial charge in [0.05, 0.1) is 5.97 Å². The van der Waals surface area contributed by atoms with Crippen LogP contribution in [0, 0.1) is 13.8 Å². The molecular weight excluding hydrogens is 282 g/mol. The van der Waals surface area contributed by atoms with Gasteiger partial charge < -0.3 is 20.0 Å². The number of anilines is 1. The third-order valence-electron chi connectivity index (χ3n) is 3.30. The van der Waals surface area contributed by atoms with Crippen LogP contribution in [0.1, 0.15) is 21.5 Å². The molecule has 5 nitrogen and oxygen atoms in total. The fourth-order valence-electron chi connectivity index (χ4n) is 1.94. The first-order valence-corrected chi connectivity index (χ1v) is 6.77. The Kier molecular flexibility index (Phi) is 4.78. The molecule has 0 bridgehead atoms. The molecule has 0 saturated heterocycles. The highest BCUT2D eigenvalue weighted by Crippen LogP contribution is 2.20. The van der Waals surface area contributed by atoms with Crippen molar-refractivity contribution in [3.8, 4) is 5.75 Å². The second-order valence-corrected chi connectivity index (χ2v) is 4.90. The molecule has 0 aromatic heterocycles. The van der Waals surface area contributed by atoms with E-state index in [1.165, 1.54) is 18.2 Å². The van der Waals surface area contributed by atoms with E-state index in [1.807, 2.05) is 26.0 Å². The van der Waals surface area contributed by atoms with E-state index in [4.69, 9.17) is 4.74 Å². The maximum atomic E-state index is 11.9. The van der Waals surface area contributed by atoms with Crippen LogP contribution in [0.4, 0.5) is 5.69 Å². The predicted octanol–water partition coefficient (Wildman–Crippen LogP) is 1.68. The highest BCUT2D eigenvalue weighted by atomic mass is 16.5. The van der Waals surface area contributed by atoms with Gasteiger partial charge in [-0.1, -0.05) is 24.3 Å². The summed E-state index contributed by atoms with van der Waals surface area (Å²) in [6, 6.07) is 11.5. The number of aromatic carboxylic acids is 1.